The maximum atomic E-state index is 10.7. The highest BCUT2D eigenvalue weighted by Gasteiger charge is 2.25. The second kappa shape index (κ2) is 7.95. The van der Waals surface area contributed by atoms with E-state index in [1.807, 2.05) is 24.4 Å². The van der Waals surface area contributed by atoms with Gasteiger partial charge in [0, 0.05) is 24.3 Å². The van der Waals surface area contributed by atoms with Gasteiger partial charge in [-0.05, 0) is 48.3 Å². The van der Waals surface area contributed by atoms with Crippen molar-refractivity contribution < 1.29 is 13.5 Å². The molecule has 1 fully saturated rings. The minimum Gasteiger partial charge on any atom is -0.493 e. The number of benzene rings is 1. The summed E-state index contributed by atoms with van der Waals surface area (Å²) in [5.74, 6) is 1.99. The van der Waals surface area contributed by atoms with Crippen LogP contribution in [-0.2, 0) is 11.3 Å². The van der Waals surface area contributed by atoms with E-state index in [2.05, 4.69) is 15.8 Å². The van der Waals surface area contributed by atoms with Crippen molar-refractivity contribution >= 4 is 22.2 Å². The summed E-state index contributed by atoms with van der Waals surface area (Å²) < 4.78 is 28.1. The molecule has 0 bridgehead atoms. The molecule has 1 aliphatic carbocycles. The van der Waals surface area contributed by atoms with Gasteiger partial charge in [-0.2, -0.15) is 0 Å². The van der Waals surface area contributed by atoms with Crippen molar-refractivity contribution in [3.63, 3.8) is 0 Å². The van der Waals surface area contributed by atoms with Crippen LogP contribution in [0.25, 0.3) is 10.9 Å². The molecule has 2 aromatic rings. The topological polar surface area (TPSA) is 74.3 Å². The van der Waals surface area contributed by atoms with Crippen molar-refractivity contribution in [2.45, 2.75) is 32.1 Å². The van der Waals surface area contributed by atoms with Gasteiger partial charge in [-0.15, -0.1) is 0 Å². The Balaban J connectivity index is 1.54. The Bertz CT molecular complexity index is 658. The van der Waals surface area contributed by atoms with Crippen LogP contribution in [0.3, 0.4) is 0 Å². The van der Waals surface area contributed by atoms with Crippen LogP contribution in [0.2, 0.25) is 0 Å². The van der Waals surface area contributed by atoms with Gasteiger partial charge < -0.3 is 9.72 Å². The van der Waals surface area contributed by atoms with Gasteiger partial charge in [0.1, 0.15) is 5.75 Å². The van der Waals surface area contributed by atoms with Crippen LogP contribution in [0.1, 0.15) is 32.1 Å². The molecule has 0 amide bonds. The average Bonchev–Trinajstić information content (AvgIpc) is 3.01. The third kappa shape index (κ3) is 4.56. The average molecular weight is 336 g/mol. The second-order valence-electron chi connectivity index (χ2n) is 6.27. The number of ether oxygens (including phenoxy) is 1. The molecule has 3 N–H and O–H groups in total. The third-order valence-electron chi connectivity index (χ3n) is 4.80. The van der Waals surface area contributed by atoms with Crippen LogP contribution >= 0.6 is 0 Å². The Kier molecular flexibility index (Phi) is 5.70. The lowest BCUT2D eigenvalue weighted by Gasteiger charge is -2.31. The number of rotatable bonds is 7. The number of hydrogen-bond donors (Lipinski definition) is 3. The highest BCUT2D eigenvalue weighted by atomic mass is 32.2. The lowest BCUT2D eigenvalue weighted by atomic mass is 9.78. The molecule has 5 nitrogen and oxygen atoms in total. The van der Waals surface area contributed by atoms with Gasteiger partial charge in [0.2, 0.25) is 11.3 Å². The first kappa shape index (κ1) is 16.5. The number of fused-ring (bicyclic) bond motifs is 1. The van der Waals surface area contributed by atoms with Crippen molar-refractivity contribution in [1.29, 1.82) is 0 Å². The Hall–Kier alpha value is -1.37. The van der Waals surface area contributed by atoms with E-state index in [9.17, 15) is 4.21 Å². The highest BCUT2D eigenvalue weighted by Crippen LogP contribution is 2.33. The first-order valence-electron chi connectivity index (χ1n) is 8.26. The molecule has 3 rings (SSSR count). The predicted molar refractivity (Wildman–Crippen MR) is 92.6 cm³/mol. The molecule has 1 aliphatic rings. The molecular formula is C17H24N2O3S. The van der Waals surface area contributed by atoms with E-state index in [0.717, 1.165) is 24.3 Å². The summed E-state index contributed by atoms with van der Waals surface area (Å²) in [5.41, 5.74) is 1.09. The SMILES string of the molecule is O=S(O)NCCC1CCCCC1COc1ccc2cc[nH]c2c1. The summed E-state index contributed by atoms with van der Waals surface area (Å²) in [4.78, 5) is 3.20. The van der Waals surface area contributed by atoms with Gasteiger partial charge in [-0.25, -0.2) is 8.93 Å². The van der Waals surface area contributed by atoms with Crippen LogP contribution < -0.4 is 9.46 Å². The Morgan fingerprint density at radius 1 is 1.26 bits per heavy atom. The molecule has 126 valence electrons. The second-order valence-corrected chi connectivity index (χ2v) is 7.06. The van der Waals surface area contributed by atoms with E-state index in [1.165, 1.54) is 31.1 Å². The van der Waals surface area contributed by atoms with Gasteiger partial charge in [0.15, 0.2) is 0 Å². The molecule has 1 heterocycles. The zero-order chi connectivity index (χ0) is 16.1. The van der Waals surface area contributed by atoms with Crippen molar-refractivity contribution in [1.82, 2.24) is 9.71 Å². The lowest BCUT2D eigenvalue weighted by Crippen LogP contribution is -2.29. The molecule has 0 radical (unpaired) electrons. The Morgan fingerprint density at radius 2 is 2.09 bits per heavy atom. The zero-order valence-electron chi connectivity index (χ0n) is 13.2. The molecule has 0 saturated heterocycles. The van der Waals surface area contributed by atoms with Gasteiger partial charge >= 0.3 is 0 Å². The van der Waals surface area contributed by atoms with Crippen LogP contribution in [0.4, 0.5) is 0 Å². The van der Waals surface area contributed by atoms with E-state index in [4.69, 9.17) is 9.29 Å². The van der Waals surface area contributed by atoms with Crippen LogP contribution in [0.15, 0.2) is 30.5 Å². The smallest absolute Gasteiger partial charge is 0.231 e. The van der Waals surface area contributed by atoms with Gasteiger partial charge in [0.25, 0.3) is 0 Å². The molecule has 1 saturated carbocycles. The largest absolute Gasteiger partial charge is 0.493 e. The molecule has 0 spiro atoms. The molecule has 23 heavy (non-hydrogen) atoms. The standard InChI is InChI=1S/C17H24N2O3S/c20-23(21)19-10-8-13-3-1-2-4-15(13)12-22-16-6-5-14-7-9-18-17(14)11-16/h5-7,9,11,13,15,18-19H,1-4,8,10,12H2,(H,20,21). The minimum atomic E-state index is -1.91. The fourth-order valence-electron chi connectivity index (χ4n) is 3.54. The monoisotopic (exact) mass is 336 g/mol. The number of aromatic amines is 1. The summed E-state index contributed by atoms with van der Waals surface area (Å²) in [6.45, 7) is 1.30. The third-order valence-corrected chi connectivity index (χ3v) is 5.25. The Morgan fingerprint density at radius 3 is 2.91 bits per heavy atom. The zero-order valence-corrected chi connectivity index (χ0v) is 14.0. The maximum absolute atomic E-state index is 10.7. The van der Waals surface area contributed by atoms with E-state index in [1.54, 1.807) is 0 Å². The number of H-pyrrole nitrogens is 1. The van der Waals surface area contributed by atoms with Crippen molar-refractivity contribution in [3.05, 3.63) is 30.5 Å². The lowest BCUT2D eigenvalue weighted by molar-refractivity contribution is 0.143. The van der Waals surface area contributed by atoms with Crippen molar-refractivity contribution in [2.75, 3.05) is 13.2 Å². The quantitative estimate of drug-likeness (QED) is 0.678. The molecule has 3 unspecified atom stereocenters. The first-order chi connectivity index (χ1) is 11.2. The fourth-order valence-corrected chi connectivity index (χ4v) is 3.83. The number of nitrogens with one attached hydrogen (secondary N) is 2. The number of aromatic nitrogens is 1. The minimum absolute atomic E-state index is 0.525. The maximum Gasteiger partial charge on any atom is 0.231 e. The summed E-state index contributed by atoms with van der Waals surface area (Å²) in [6.07, 6.45) is 7.72. The van der Waals surface area contributed by atoms with Gasteiger partial charge in [-0.1, -0.05) is 19.3 Å². The molecule has 0 aliphatic heterocycles. The molecule has 6 heteroatoms. The van der Waals surface area contributed by atoms with Gasteiger partial charge in [-0.3, -0.25) is 4.55 Å². The van der Waals surface area contributed by atoms with E-state index >= 15 is 0 Å². The van der Waals surface area contributed by atoms with Gasteiger partial charge in [0.05, 0.1) is 6.61 Å². The van der Waals surface area contributed by atoms with E-state index < -0.39 is 11.3 Å². The predicted octanol–water partition coefficient (Wildman–Crippen LogP) is 3.47. The summed E-state index contributed by atoms with van der Waals surface area (Å²) in [7, 11) is 0. The van der Waals surface area contributed by atoms with Crippen LogP contribution in [0, 0.1) is 11.8 Å². The first-order valence-corrected chi connectivity index (χ1v) is 9.37. The summed E-state index contributed by atoms with van der Waals surface area (Å²) in [6, 6.07) is 8.18. The summed E-state index contributed by atoms with van der Waals surface area (Å²) >= 11 is -1.91. The fraction of sp³-hybridized carbons (Fsp3) is 0.529. The molecule has 1 aromatic carbocycles. The van der Waals surface area contributed by atoms with Crippen LogP contribution in [-0.4, -0.2) is 26.9 Å². The molecule has 1 aromatic heterocycles. The molecular weight excluding hydrogens is 312 g/mol. The van der Waals surface area contributed by atoms with Crippen molar-refractivity contribution in [3.8, 4) is 5.75 Å². The normalized spacial score (nSPS) is 23.0. The highest BCUT2D eigenvalue weighted by molar-refractivity contribution is 7.77. The number of hydrogen-bond acceptors (Lipinski definition) is 2. The van der Waals surface area contributed by atoms with E-state index in [0.29, 0.717) is 18.4 Å². The van der Waals surface area contributed by atoms with Crippen LogP contribution in [0.5, 0.6) is 5.75 Å². The van der Waals surface area contributed by atoms with E-state index in [-0.39, 0.29) is 0 Å². The Labute approximate surface area is 139 Å². The molecule has 3 atom stereocenters. The van der Waals surface area contributed by atoms with Crippen molar-refractivity contribution in [2.24, 2.45) is 11.8 Å². The summed E-state index contributed by atoms with van der Waals surface area (Å²) in [5, 5.41) is 1.19.